The van der Waals surface area contributed by atoms with Crippen LogP contribution in [0.5, 0.6) is 0 Å². The Kier molecular flexibility index (Phi) is 6.01. The zero-order valence-corrected chi connectivity index (χ0v) is 16.1. The Hall–Kier alpha value is -2.95. The lowest BCUT2D eigenvalue weighted by atomic mass is 9.94. The number of nitrogens with zero attached hydrogens (tertiary/aromatic N) is 3. The molecule has 0 spiro atoms. The summed E-state index contributed by atoms with van der Waals surface area (Å²) < 4.78 is 1.80. The molecule has 2 aromatic heterocycles. The van der Waals surface area contributed by atoms with Crippen LogP contribution in [0.25, 0.3) is 5.82 Å². The second-order valence-electron chi connectivity index (χ2n) is 7.06. The minimum absolute atomic E-state index is 0.0403. The third-order valence-corrected chi connectivity index (χ3v) is 4.61. The second kappa shape index (κ2) is 8.62. The van der Waals surface area contributed by atoms with E-state index in [0.29, 0.717) is 5.56 Å². The molecule has 0 aliphatic carbocycles. The first kappa shape index (κ1) is 18.8. The molecule has 0 saturated carbocycles. The predicted octanol–water partition coefficient (Wildman–Crippen LogP) is 4.35. The molecule has 140 valence electrons. The molecule has 3 aromatic rings. The van der Waals surface area contributed by atoms with E-state index < -0.39 is 0 Å². The van der Waals surface area contributed by atoms with E-state index in [4.69, 9.17) is 0 Å². The fraction of sp³-hybridized carbons (Fsp3) is 0.318. The van der Waals surface area contributed by atoms with E-state index in [9.17, 15) is 4.79 Å². The number of carbonyl (C=O) groups excluding carboxylic acids is 1. The van der Waals surface area contributed by atoms with E-state index in [2.05, 4.69) is 60.3 Å². The van der Waals surface area contributed by atoms with Gasteiger partial charge in [-0.1, -0.05) is 51.5 Å². The normalized spacial score (nSPS) is 12.1. The maximum absolute atomic E-state index is 12.7. The Labute approximate surface area is 160 Å². The van der Waals surface area contributed by atoms with Gasteiger partial charge in [-0.3, -0.25) is 9.36 Å². The Balaban J connectivity index is 1.73. The van der Waals surface area contributed by atoms with Crippen LogP contribution in [0.3, 0.4) is 0 Å². The smallest absolute Gasteiger partial charge is 0.253 e. The van der Waals surface area contributed by atoms with Gasteiger partial charge < -0.3 is 5.32 Å². The SMILES string of the molecule is CCCc1ccc([C@@H](NC(=O)c2ccc(-n3ccnc3)nc2)C(C)C)cc1. The van der Waals surface area contributed by atoms with Crippen LogP contribution in [0.2, 0.25) is 0 Å². The molecule has 1 atom stereocenters. The van der Waals surface area contributed by atoms with Gasteiger partial charge in [0.25, 0.3) is 5.91 Å². The van der Waals surface area contributed by atoms with Gasteiger partial charge in [0.2, 0.25) is 0 Å². The predicted molar refractivity (Wildman–Crippen MR) is 107 cm³/mol. The van der Waals surface area contributed by atoms with Crippen molar-refractivity contribution in [2.75, 3.05) is 0 Å². The van der Waals surface area contributed by atoms with Gasteiger partial charge in [-0.2, -0.15) is 0 Å². The summed E-state index contributed by atoms with van der Waals surface area (Å²) in [6.07, 6.45) is 9.01. The van der Waals surface area contributed by atoms with Crippen molar-refractivity contribution >= 4 is 5.91 Å². The van der Waals surface area contributed by atoms with Crippen molar-refractivity contribution in [1.82, 2.24) is 19.9 Å². The molecule has 5 heteroatoms. The number of rotatable bonds is 7. The van der Waals surface area contributed by atoms with Gasteiger partial charge in [0, 0.05) is 18.6 Å². The summed E-state index contributed by atoms with van der Waals surface area (Å²) in [7, 11) is 0. The Morgan fingerprint density at radius 3 is 2.48 bits per heavy atom. The van der Waals surface area contributed by atoms with E-state index in [0.717, 1.165) is 24.2 Å². The summed E-state index contributed by atoms with van der Waals surface area (Å²) in [5, 5.41) is 3.16. The van der Waals surface area contributed by atoms with E-state index in [-0.39, 0.29) is 17.9 Å². The van der Waals surface area contributed by atoms with Crippen LogP contribution >= 0.6 is 0 Å². The third-order valence-electron chi connectivity index (χ3n) is 4.61. The maximum atomic E-state index is 12.7. The fourth-order valence-corrected chi connectivity index (χ4v) is 3.11. The lowest BCUT2D eigenvalue weighted by molar-refractivity contribution is 0.0925. The summed E-state index contributed by atoms with van der Waals surface area (Å²) >= 11 is 0. The molecule has 0 aliphatic heterocycles. The number of imidazole rings is 1. The fourth-order valence-electron chi connectivity index (χ4n) is 3.11. The van der Waals surface area contributed by atoms with Crippen molar-refractivity contribution in [3.63, 3.8) is 0 Å². The van der Waals surface area contributed by atoms with Crippen molar-refractivity contribution in [2.24, 2.45) is 5.92 Å². The van der Waals surface area contributed by atoms with E-state index in [1.165, 1.54) is 5.56 Å². The number of benzene rings is 1. The first-order chi connectivity index (χ1) is 13.1. The molecule has 0 fully saturated rings. The number of hydrogen-bond acceptors (Lipinski definition) is 3. The number of hydrogen-bond donors (Lipinski definition) is 1. The monoisotopic (exact) mass is 362 g/mol. The lowest BCUT2D eigenvalue weighted by Gasteiger charge is -2.23. The van der Waals surface area contributed by atoms with Crippen LogP contribution in [0.15, 0.2) is 61.3 Å². The first-order valence-corrected chi connectivity index (χ1v) is 9.42. The van der Waals surface area contributed by atoms with Crippen LogP contribution in [-0.2, 0) is 6.42 Å². The largest absolute Gasteiger partial charge is 0.345 e. The molecule has 1 aromatic carbocycles. The third kappa shape index (κ3) is 4.61. The van der Waals surface area contributed by atoms with Gasteiger partial charge in [-0.05, 0) is 35.6 Å². The molecule has 0 aliphatic rings. The average Bonchev–Trinajstić information content (AvgIpc) is 3.22. The second-order valence-corrected chi connectivity index (χ2v) is 7.06. The summed E-state index contributed by atoms with van der Waals surface area (Å²) in [4.78, 5) is 21.1. The summed E-state index contributed by atoms with van der Waals surface area (Å²) in [6, 6.07) is 12.1. The van der Waals surface area contributed by atoms with Gasteiger partial charge in [0.05, 0.1) is 11.6 Å². The lowest BCUT2D eigenvalue weighted by Crippen LogP contribution is -2.31. The molecular formula is C22H26N4O. The Morgan fingerprint density at radius 2 is 1.93 bits per heavy atom. The van der Waals surface area contributed by atoms with Crippen molar-refractivity contribution < 1.29 is 4.79 Å². The van der Waals surface area contributed by atoms with E-state index in [1.807, 2.05) is 12.3 Å². The Morgan fingerprint density at radius 1 is 1.15 bits per heavy atom. The maximum Gasteiger partial charge on any atom is 0.253 e. The highest BCUT2D eigenvalue weighted by Gasteiger charge is 2.19. The molecule has 5 nitrogen and oxygen atoms in total. The molecule has 0 saturated heterocycles. The summed E-state index contributed by atoms with van der Waals surface area (Å²) in [5.74, 6) is 0.899. The molecule has 1 amide bonds. The van der Waals surface area contributed by atoms with E-state index >= 15 is 0 Å². The molecule has 1 N–H and O–H groups in total. The molecule has 3 rings (SSSR count). The topological polar surface area (TPSA) is 59.8 Å². The van der Waals surface area contributed by atoms with Gasteiger partial charge in [-0.15, -0.1) is 0 Å². The molecule has 0 bridgehead atoms. The first-order valence-electron chi connectivity index (χ1n) is 9.42. The number of carbonyl (C=O) groups is 1. The van der Waals surface area contributed by atoms with E-state index in [1.54, 1.807) is 29.4 Å². The highest BCUT2D eigenvalue weighted by Crippen LogP contribution is 2.23. The number of pyridine rings is 1. The zero-order valence-electron chi connectivity index (χ0n) is 16.1. The number of nitrogens with one attached hydrogen (secondary N) is 1. The summed E-state index contributed by atoms with van der Waals surface area (Å²) in [5.41, 5.74) is 3.00. The van der Waals surface area contributed by atoms with Gasteiger partial charge in [0.1, 0.15) is 12.1 Å². The number of amides is 1. The van der Waals surface area contributed by atoms with Crippen molar-refractivity contribution in [3.8, 4) is 5.82 Å². The van der Waals surface area contributed by atoms with Crippen LogP contribution < -0.4 is 5.32 Å². The van der Waals surface area contributed by atoms with Crippen LogP contribution in [0.4, 0.5) is 0 Å². The molecule has 0 radical (unpaired) electrons. The van der Waals surface area contributed by atoms with Crippen molar-refractivity contribution in [3.05, 3.63) is 78.0 Å². The highest BCUT2D eigenvalue weighted by atomic mass is 16.1. The molecular weight excluding hydrogens is 336 g/mol. The van der Waals surface area contributed by atoms with Crippen LogP contribution in [0, 0.1) is 5.92 Å². The minimum Gasteiger partial charge on any atom is -0.345 e. The van der Waals surface area contributed by atoms with Crippen LogP contribution in [0.1, 0.15) is 54.7 Å². The Bertz CT molecular complexity index is 852. The minimum atomic E-state index is -0.115. The number of aromatic nitrogens is 3. The summed E-state index contributed by atoms with van der Waals surface area (Å²) in [6.45, 7) is 6.41. The van der Waals surface area contributed by atoms with Crippen molar-refractivity contribution in [2.45, 2.75) is 39.7 Å². The standard InChI is InChI=1S/C22H26N4O/c1-4-5-17-6-8-18(9-7-17)21(16(2)3)25-22(27)19-10-11-20(24-14-19)26-13-12-23-15-26/h6-16,21H,4-5H2,1-3H3,(H,25,27)/t21-/m0/s1. The van der Waals surface area contributed by atoms with Gasteiger partial charge >= 0.3 is 0 Å². The molecule has 2 heterocycles. The average molecular weight is 362 g/mol. The molecule has 27 heavy (non-hydrogen) atoms. The quantitative estimate of drug-likeness (QED) is 0.680. The van der Waals surface area contributed by atoms with Gasteiger partial charge in [-0.25, -0.2) is 9.97 Å². The highest BCUT2D eigenvalue weighted by molar-refractivity contribution is 5.94. The molecule has 0 unspecified atom stereocenters. The van der Waals surface area contributed by atoms with Crippen molar-refractivity contribution in [1.29, 1.82) is 0 Å². The zero-order chi connectivity index (χ0) is 19.2. The van der Waals surface area contributed by atoms with Crippen LogP contribution in [-0.4, -0.2) is 20.4 Å². The van der Waals surface area contributed by atoms with Gasteiger partial charge in [0.15, 0.2) is 0 Å². The number of aryl methyl sites for hydroxylation is 1.